The maximum absolute atomic E-state index is 5.67. The van der Waals surface area contributed by atoms with Gasteiger partial charge in [-0.15, -0.1) is 11.3 Å². The lowest BCUT2D eigenvalue weighted by Crippen LogP contribution is -2.29. The molecule has 3 nitrogen and oxygen atoms in total. The van der Waals surface area contributed by atoms with E-state index in [0.29, 0.717) is 0 Å². The molecule has 0 spiro atoms. The largest absolute Gasteiger partial charge is 0.271 e. The molecule has 0 aliphatic rings. The molecule has 2 aromatic heterocycles. The maximum Gasteiger partial charge on any atom is 0.0724 e. The van der Waals surface area contributed by atoms with Crippen LogP contribution >= 0.6 is 11.3 Å². The molecule has 0 radical (unpaired) electrons. The lowest BCUT2D eigenvalue weighted by molar-refractivity contribution is 0.632. The second-order valence-electron chi connectivity index (χ2n) is 3.76. The van der Waals surface area contributed by atoms with Crippen molar-refractivity contribution in [1.29, 1.82) is 0 Å². The topological polar surface area (TPSA) is 50.9 Å². The number of nitrogens with one attached hydrogen (secondary N) is 1. The number of nitrogens with zero attached hydrogens (tertiary/aromatic N) is 1. The molecule has 0 amide bonds. The monoisotopic (exact) mass is 233 g/mol. The Bertz CT molecular complexity index is 479. The minimum atomic E-state index is 0.0502. The Morgan fingerprint density at radius 3 is 2.69 bits per heavy atom. The number of hydrazine groups is 1. The number of rotatable bonds is 3. The van der Waals surface area contributed by atoms with Gasteiger partial charge in [-0.2, -0.15) is 0 Å². The first kappa shape index (κ1) is 11.3. The molecule has 3 N–H and O–H groups in total. The number of nitrogens with two attached hydrogens (primary N) is 1. The summed E-state index contributed by atoms with van der Waals surface area (Å²) in [6.07, 6.45) is 3.66. The molecule has 1 atom stereocenters. The smallest absolute Gasteiger partial charge is 0.0724 e. The Balaban J connectivity index is 2.45. The highest BCUT2D eigenvalue weighted by atomic mass is 32.1. The van der Waals surface area contributed by atoms with Crippen molar-refractivity contribution in [2.45, 2.75) is 19.9 Å². The molecule has 0 aromatic carbocycles. The van der Waals surface area contributed by atoms with Crippen molar-refractivity contribution in [2.24, 2.45) is 5.84 Å². The van der Waals surface area contributed by atoms with E-state index in [1.807, 2.05) is 19.2 Å². The zero-order valence-electron chi connectivity index (χ0n) is 9.40. The van der Waals surface area contributed by atoms with E-state index in [0.717, 1.165) is 5.56 Å². The highest BCUT2D eigenvalue weighted by Crippen LogP contribution is 2.28. The Kier molecular flexibility index (Phi) is 3.33. The van der Waals surface area contributed by atoms with Gasteiger partial charge < -0.3 is 0 Å². The molecule has 0 bridgehead atoms. The quantitative estimate of drug-likeness (QED) is 0.632. The van der Waals surface area contributed by atoms with Crippen molar-refractivity contribution in [1.82, 2.24) is 10.4 Å². The number of pyridine rings is 1. The van der Waals surface area contributed by atoms with E-state index in [1.54, 1.807) is 17.5 Å². The summed E-state index contributed by atoms with van der Waals surface area (Å²) in [5.41, 5.74) is 6.45. The van der Waals surface area contributed by atoms with Crippen molar-refractivity contribution < 1.29 is 0 Å². The summed E-state index contributed by atoms with van der Waals surface area (Å²) in [6.45, 7) is 4.16. The first-order valence-corrected chi connectivity index (χ1v) is 6.02. The minimum absolute atomic E-state index is 0.0502. The van der Waals surface area contributed by atoms with Crippen LogP contribution in [0.15, 0.2) is 29.9 Å². The summed E-state index contributed by atoms with van der Waals surface area (Å²) in [5, 5.41) is 2.09. The Labute approximate surface area is 99.3 Å². The van der Waals surface area contributed by atoms with E-state index in [1.165, 1.54) is 16.0 Å². The third-order valence-corrected chi connectivity index (χ3v) is 3.61. The van der Waals surface area contributed by atoms with Gasteiger partial charge in [0.15, 0.2) is 0 Å². The Hall–Kier alpha value is -1.23. The van der Waals surface area contributed by atoms with Gasteiger partial charge in [-0.25, -0.2) is 5.43 Å². The van der Waals surface area contributed by atoms with E-state index >= 15 is 0 Å². The molecule has 0 fully saturated rings. The van der Waals surface area contributed by atoms with Crippen molar-refractivity contribution in [2.75, 3.05) is 0 Å². The van der Waals surface area contributed by atoms with Crippen LogP contribution in [0.3, 0.4) is 0 Å². The molecule has 0 aliphatic heterocycles. The molecule has 84 valence electrons. The summed E-state index contributed by atoms with van der Waals surface area (Å²) in [5.74, 6) is 5.67. The summed E-state index contributed by atoms with van der Waals surface area (Å²) < 4.78 is 0. The van der Waals surface area contributed by atoms with Crippen molar-refractivity contribution in [3.8, 4) is 0 Å². The van der Waals surface area contributed by atoms with Crippen LogP contribution in [0.5, 0.6) is 0 Å². The fourth-order valence-electron chi connectivity index (χ4n) is 1.85. The molecule has 1 unspecified atom stereocenters. The van der Waals surface area contributed by atoms with E-state index in [-0.39, 0.29) is 6.04 Å². The zero-order valence-corrected chi connectivity index (χ0v) is 10.2. The maximum atomic E-state index is 5.67. The van der Waals surface area contributed by atoms with Gasteiger partial charge in [0.1, 0.15) is 0 Å². The van der Waals surface area contributed by atoms with Crippen molar-refractivity contribution in [3.05, 3.63) is 51.5 Å². The van der Waals surface area contributed by atoms with E-state index in [2.05, 4.69) is 28.8 Å². The van der Waals surface area contributed by atoms with Gasteiger partial charge in [-0.3, -0.25) is 10.8 Å². The molecular formula is C12H15N3S. The molecule has 0 saturated carbocycles. The number of thiophene rings is 1. The summed E-state index contributed by atoms with van der Waals surface area (Å²) in [6, 6.07) is 4.18. The second-order valence-corrected chi connectivity index (χ2v) is 4.88. The number of aromatic nitrogens is 1. The van der Waals surface area contributed by atoms with Crippen molar-refractivity contribution in [3.63, 3.8) is 0 Å². The van der Waals surface area contributed by atoms with Crippen LogP contribution in [0.4, 0.5) is 0 Å². The molecule has 0 aliphatic carbocycles. The lowest BCUT2D eigenvalue weighted by Gasteiger charge is -2.18. The second kappa shape index (κ2) is 4.74. The Morgan fingerprint density at radius 2 is 2.12 bits per heavy atom. The highest BCUT2D eigenvalue weighted by Gasteiger charge is 2.16. The molecule has 2 heterocycles. The minimum Gasteiger partial charge on any atom is -0.271 e. The molecule has 4 heteroatoms. The molecule has 0 saturated heterocycles. The summed E-state index contributed by atoms with van der Waals surface area (Å²) in [4.78, 5) is 5.39. The average molecular weight is 233 g/mol. The number of hydrogen-bond donors (Lipinski definition) is 2. The predicted molar refractivity (Wildman–Crippen MR) is 67.2 cm³/mol. The molecular weight excluding hydrogens is 218 g/mol. The SMILES string of the molecule is Cc1cnccc1C(NN)c1ccsc1C. The van der Waals surface area contributed by atoms with Gasteiger partial charge in [0.25, 0.3) is 0 Å². The van der Waals surface area contributed by atoms with E-state index < -0.39 is 0 Å². The van der Waals surface area contributed by atoms with Crippen LogP contribution in [0.2, 0.25) is 0 Å². The number of aryl methyl sites for hydroxylation is 2. The van der Waals surface area contributed by atoms with Crippen LogP contribution < -0.4 is 11.3 Å². The standard InChI is InChI=1S/C12H15N3S/c1-8-7-14-5-3-10(8)12(15-13)11-4-6-16-9(11)2/h3-7,12,15H,13H2,1-2H3. The summed E-state index contributed by atoms with van der Waals surface area (Å²) in [7, 11) is 0. The van der Waals surface area contributed by atoms with Crippen LogP contribution in [0.25, 0.3) is 0 Å². The lowest BCUT2D eigenvalue weighted by atomic mass is 9.98. The van der Waals surface area contributed by atoms with Crippen LogP contribution in [-0.2, 0) is 0 Å². The van der Waals surface area contributed by atoms with Gasteiger partial charge in [0.2, 0.25) is 0 Å². The summed E-state index contributed by atoms with van der Waals surface area (Å²) >= 11 is 1.74. The van der Waals surface area contributed by atoms with Gasteiger partial charge in [-0.1, -0.05) is 0 Å². The first-order chi connectivity index (χ1) is 7.74. The fourth-order valence-corrected chi connectivity index (χ4v) is 2.59. The van der Waals surface area contributed by atoms with Crippen LogP contribution in [-0.4, -0.2) is 4.98 Å². The highest BCUT2D eigenvalue weighted by molar-refractivity contribution is 7.10. The van der Waals surface area contributed by atoms with Gasteiger partial charge in [0.05, 0.1) is 6.04 Å². The first-order valence-electron chi connectivity index (χ1n) is 5.14. The van der Waals surface area contributed by atoms with Crippen LogP contribution in [0.1, 0.15) is 27.6 Å². The van der Waals surface area contributed by atoms with Gasteiger partial charge in [-0.05, 0) is 48.1 Å². The predicted octanol–water partition coefficient (Wildman–Crippen LogP) is 2.31. The van der Waals surface area contributed by atoms with Crippen molar-refractivity contribution >= 4 is 11.3 Å². The normalized spacial score (nSPS) is 12.7. The number of hydrogen-bond acceptors (Lipinski definition) is 4. The average Bonchev–Trinajstić information content (AvgIpc) is 2.69. The molecule has 2 rings (SSSR count). The third-order valence-electron chi connectivity index (χ3n) is 2.75. The van der Waals surface area contributed by atoms with Gasteiger partial charge >= 0.3 is 0 Å². The van der Waals surface area contributed by atoms with E-state index in [9.17, 15) is 0 Å². The van der Waals surface area contributed by atoms with E-state index in [4.69, 9.17) is 5.84 Å². The Morgan fingerprint density at radius 1 is 1.31 bits per heavy atom. The zero-order chi connectivity index (χ0) is 11.5. The molecule has 16 heavy (non-hydrogen) atoms. The fraction of sp³-hybridized carbons (Fsp3) is 0.250. The third kappa shape index (κ3) is 2.00. The van der Waals surface area contributed by atoms with Gasteiger partial charge in [0, 0.05) is 17.3 Å². The molecule has 2 aromatic rings. The van der Waals surface area contributed by atoms with Crippen LogP contribution in [0, 0.1) is 13.8 Å².